The van der Waals surface area contributed by atoms with Gasteiger partial charge in [0.2, 0.25) is 11.9 Å². The van der Waals surface area contributed by atoms with Crippen LogP contribution < -0.4 is 4.90 Å². The Bertz CT molecular complexity index is 808. The minimum Gasteiger partial charge on any atom is -0.375 e. The van der Waals surface area contributed by atoms with Crippen molar-refractivity contribution in [2.75, 3.05) is 44.8 Å². The molecule has 2 saturated heterocycles. The Kier molecular flexibility index (Phi) is 5.81. The first-order valence-corrected chi connectivity index (χ1v) is 10.1. The molecule has 0 N–H and O–H groups in total. The first-order chi connectivity index (χ1) is 13.8. The molecule has 2 aromatic rings. The number of piperidine rings is 1. The van der Waals surface area contributed by atoms with Crippen LogP contribution in [0.1, 0.15) is 37.3 Å². The van der Waals surface area contributed by atoms with E-state index in [0.717, 1.165) is 55.2 Å². The number of methoxy groups -OCH3 is 1. The van der Waals surface area contributed by atoms with Crippen molar-refractivity contribution in [1.82, 2.24) is 19.9 Å². The maximum Gasteiger partial charge on any atom is 0.248 e. The van der Waals surface area contributed by atoms with Crippen molar-refractivity contribution in [3.05, 3.63) is 36.4 Å². The normalized spacial score (nSPS) is 19.8. The first-order valence-electron chi connectivity index (χ1n) is 10.1. The quantitative estimate of drug-likeness (QED) is 0.792. The molecule has 4 rings (SSSR count). The molecule has 0 unspecified atom stereocenters. The Morgan fingerprint density at radius 2 is 1.96 bits per heavy atom. The standard InChI is InChI=1S/C21H27N5O2/c1-28-15-19(27)26-12-4-5-17(14-26)20-18(16-6-8-22-9-7-16)13-23-21(24-20)25-10-2-3-11-25/h6-9,13,17H,2-5,10-12,14-15H2,1H3/t17-/m1/s1. The molecule has 2 aliphatic rings. The molecule has 0 spiro atoms. The van der Waals surface area contributed by atoms with Crippen molar-refractivity contribution < 1.29 is 9.53 Å². The Morgan fingerprint density at radius 3 is 2.71 bits per heavy atom. The number of nitrogens with zero attached hydrogens (tertiary/aromatic N) is 5. The summed E-state index contributed by atoms with van der Waals surface area (Å²) in [6.45, 7) is 3.62. The van der Waals surface area contributed by atoms with E-state index in [0.29, 0.717) is 6.54 Å². The molecule has 7 heteroatoms. The third-order valence-electron chi connectivity index (χ3n) is 5.61. The maximum atomic E-state index is 12.4. The average Bonchev–Trinajstić information content (AvgIpc) is 3.29. The van der Waals surface area contributed by atoms with Crippen molar-refractivity contribution in [2.45, 2.75) is 31.6 Å². The van der Waals surface area contributed by atoms with E-state index in [1.165, 1.54) is 12.8 Å². The van der Waals surface area contributed by atoms with Crippen LogP contribution in [0.4, 0.5) is 5.95 Å². The van der Waals surface area contributed by atoms with Crippen molar-refractivity contribution in [2.24, 2.45) is 0 Å². The van der Waals surface area contributed by atoms with Crippen LogP contribution in [0.15, 0.2) is 30.7 Å². The number of carbonyl (C=O) groups is 1. The van der Waals surface area contributed by atoms with Gasteiger partial charge in [-0.25, -0.2) is 9.97 Å². The number of anilines is 1. The highest BCUT2D eigenvalue weighted by atomic mass is 16.5. The van der Waals surface area contributed by atoms with E-state index >= 15 is 0 Å². The van der Waals surface area contributed by atoms with Crippen molar-refractivity contribution >= 4 is 11.9 Å². The molecule has 1 atom stereocenters. The van der Waals surface area contributed by atoms with Gasteiger partial charge < -0.3 is 14.5 Å². The summed E-state index contributed by atoms with van der Waals surface area (Å²) in [5.74, 6) is 1.05. The third kappa shape index (κ3) is 3.99. The van der Waals surface area contributed by atoms with Gasteiger partial charge in [-0.05, 0) is 43.4 Å². The molecule has 2 aliphatic heterocycles. The van der Waals surface area contributed by atoms with E-state index in [2.05, 4.69) is 14.9 Å². The van der Waals surface area contributed by atoms with Crippen LogP contribution in [0.5, 0.6) is 0 Å². The number of likely N-dealkylation sites (tertiary alicyclic amines) is 1. The molecule has 0 radical (unpaired) electrons. The lowest BCUT2D eigenvalue weighted by molar-refractivity contribution is -0.136. The second-order valence-electron chi connectivity index (χ2n) is 7.51. The number of aromatic nitrogens is 3. The molecule has 0 aliphatic carbocycles. The highest BCUT2D eigenvalue weighted by Gasteiger charge is 2.29. The molecular weight excluding hydrogens is 354 g/mol. The fourth-order valence-corrected chi connectivity index (χ4v) is 4.16. The van der Waals surface area contributed by atoms with Gasteiger partial charge >= 0.3 is 0 Å². The van der Waals surface area contributed by atoms with Crippen LogP contribution in [0.25, 0.3) is 11.1 Å². The fraction of sp³-hybridized carbons (Fsp3) is 0.524. The summed E-state index contributed by atoms with van der Waals surface area (Å²) < 4.78 is 5.05. The number of hydrogen-bond acceptors (Lipinski definition) is 6. The second-order valence-corrected chi connectivity index (χ2v) is 7.51. The van der Waals surface area contributed by atoms with E-state index in [1.54, 1.807) is 19.5 Å². The van der Waals surface area contributed by atoms with E-state index < -0.39 is 0 Å². The first kappa shape index (κ1) is 18.8. The second kappa shape index (κ2) is 8.65. The van der Waals surface area contributed by atoms with Crippen LogP contribution in [0.2, 0.25) is 0 Å². The van der Waals surface area contributed by atoms with Crippen LogP contribution in [-0.2, 0) is 9.53 Å². The van der Waals surface area contributed by atoms with Crippen molar-refractivity contribution in [3.63, 3.8) is 0 Å². The van der Waals surface area contributed by atoms with Gasteiger partial charge in [0, 0.05) is 63.4 Å². The smallest absolute Gasteiger partial charge is 0.248 e. The Labute approximate surface area is 165 Å². The van der Waals surface area contributed by atoms with Gasteiger partial charge in [-0.15, -0.1) is 0 Å². The van der Waals surface area contributed by atoms with E-state index in [9.17, 15) is 4.79 Å². The lowest BCUT2D eigenvalue weighted by Gasteiger charge is -2.33. The van der Waals surface area contributed by atoms with Gasteiger partial charge in [-0.1, -0.05) is 0 Å². The van der Waals surface area contributed by atoms with Crippen LogP contribution in [0, 0.1) is 0 Å². The van der Waals surface area contributed by atoms with Gasteiger partial charge in [0.05, 0.1) is 5.69 Å². The topological polar surface area (TPSA) is 71.5 Å². The molecule has 2 fully saturated rings. The lowest BCUT2D eigenvalue weighted by Crippen LogP contribution is -2.41. The molecular formula is C21H27N5O2. The summed E-state index contributed by atoms with van der Waals surface area (Å²) in [6, 6.07) is 3.99. The van der Waals surface area contributed by atoms with Gasteiger partial charge in [-0.2, -0.15) is 0 Å². The third-order valence-corrected chi connectivity index (χ3v) is 5.61. The molecule has 0 bridgehead atoms. The van der Waals surface area contributed by atoms with Gasteiger partial charge in [0.25, 0.3) is 0 Å². The summed E-state index contributed by atoms with van der Waals surface area (Å²) in [6.07, 6.45) is 9.90. The number of rotatable bonds is 5. The zero-order chi connectivity index (χ0) is 19.3. The number of pyridine rings is 1. The molecule has 7 nitrogen and oxygen atoms in total. The minimum absolute atomic E-state index is 0.0477. The Morgan fingerprint density at radius 1 is 1.18 bits per heavy atom. The Balaban J connectivity index is 1.68. The Hall–Kier alpha value is -2.54. The fourth-order valence-electron chi connectivity index (χ4n) is 4.16. The number of ether oxygens (including phenoxy) is 1. The van der Waals surface area contributed by atoms with E-state index in [4.69, 9.17) is 9.72 Å². The van der Waals surface area contributed by atoms with Crippen LogP contribution in [0.3, 0.4) is 0 Å². The zero-order valence-corrected chi connectivity index (χ0v) is 16.4. The van der Waals surface area contributed by atoms with Gasteiger partial charge in [0.1, 0.15) is 6.61 Å². The van der Waals surface area contributed by atoms with E-state index in [-0.39, 0.29) is 18.4 Å². The number of hydrogen-bond donors (Lipinski definition) is 0. The van der Waals surface area contributed by atoms with Crippen LogP contribution in [-0.4, -0.2) is 65.7 Å². The highest BCUT2D eigenvalue weighted by Crippen LogP contribution is 2.34. The van der Waals surface area contributed by atoms with Crippen molar-refractivity contribution in [1.29, 1.82) is 0 Å². The maximum absolute atomic E-state index is 12.4. The molecule has 148 valence electrons. The average molecular weight is 381 g/mol. The molecule has 4 heterocycles. The monoisotopic (exact) mass is 381 g/mol. The molecule has 0 aromatic carbocycles. The predicted molar refractivity (Wildman–Crippen MR) is 107 cm³/mol. The number of carbonyl (C=O) groups excluding carboxylic acids is 1. The van der Waals surface area contributed by atoms with E-state index in [1.807, 2.05) is 23.2 Å². The molecule has 2 aromatic heterocycles. The highest BCUT2D eigenvalue weighted by molar-refractivity contribution is 5.77. The summed E-state index contributed by atoms with van der Waals surface area (Å²) in [5.41, 5.74) is 3.15. The van der Waals surface area contributed by atoms with Crippen molar-refractivity contribution in [3.8, 4) is 11.1 Å². The summed E-state index contributed by atoms with van der Waals surface area (Å²) >= 11 is 0. The SMILES string of the molecule is COCC(=O)N1CCC[C@@H](c2nc(N3CCCC3)ncc2-c2ccncc2)C1. The predicted octanol–water partition coefficient (Wildman–Crippen LogP) is 2.49. The largest absolute Gasteiger partial charge is 0.375 e. The van der Waals surface area contributed by atoms with Gasteiger partial charge in [-0.3, -0.25) is 9.78 Å². The molecule has 28 heavy (non-hydrogen) atoms. The minimum atomic E-state index is 0.0477. The van der Waals surface area contributed by atoms with Crippen LogP contribution >= 0.6 is 0 Å². The zero-order valence-electron chi connectivity index (χ0n) is 16.4. The molecule has 1 amide bonds. The van der Waals surface area contributed by atoms with Gasteiger partial charge in [0.15, 0.2) is 0 Å². The lowest BCUT2D eigenvalue weighted by atomic mass is 9.90. The number of amides is 1. The summed E-state index contributed by atoms with van der Waals surface area (Å²) in [4.78, 5) is 30.3. The summed E-state index contributed by atoms with van der Waals surface area (Å²) in [7, 11) is 1.56. The summed E-state index contributed by atoms with van der Waals surface area (Å²) in [5, 5.41) is 0. The molecule has 0 saturated carbocycles.